The van der Waals surface area contributed by atoms with Gasteiger partial charge >= 0.3 is 0 Å². The van der Waals surface area contributed by atoms with Crippen LogP contribution in [0.1, 0.15) is 71.7 Å². The van der Waals surface area contributed by atoms with Crippen molar-refractivity contribution in [3.8, 4) is 0 Å². The van der Waals surface area contributed by atoms with Crippen LogP contribution in [-0.4, -0.2) is 26.8 Å². The fraction of sp³-hybridized carbons (Fsp3) is 0.929. The second-order valence-corrected chi connectivity index (χ2v) is 5.65. The summed E-state index contributed by atoms with van der Waals surface area (Å²) in [6.07, 6.45) is 5.97. The summed E-state index contributed by atoms with van der Waals surface area (Å²) in [7, 11) is 0. The number of aromatic nitrogens is 4. The molecule has 0 bridgehead atoms. The Morgan fingerprint density at radius 1 is 1.16 bits per heavy atom. The molecule has 0 saturated carbocycles. The van der Waals surface area contributed by atoms with Gasteiger partial charge in [0.15, 0.2) is 5.82 Å². The van der Waals surface area contributed by atoms with E-state index in [1.165, 1.54) is 25.7 Å². The summed E-state index contributed by atoms with van der Waals surface area (Å²) in [5.74, 6) is 1.62. The molecule has 1 rings (SSSR count). The van der Waals surface area contributed by atoms with E-state index in [9.17, 15) is 0 Å². The number of tetrazole rings is 1. The lowest BCUT2D eigenvalue weighted by Crippen LogP contribution is -2.23. The van der Waals surface area contributed by atoms with Gasteiger partial charge in [-0.3, -0.25) is 0 Å². The van der Waals surface area contributed by atoms with Gasteiger partial charge in [0.25, 0.3) is 0 Å². The summed E-state index contributed by atoms with van der Waals surface area (Å²) in [6.45, 7) is 10.6. The van der Waals surface area contributed by atoms with Crippen LogP contribution in [0.25, 0.3) is 0 Å². The van der Waals surface area contributed by atoms with Gasteiger partial charge < -0.3 is 5.32 Å². The van der Waals surface area contributed by atoms with Crippen molar-refractivity contribution < 1.29 is 0 Å². The fourth-order valence-electron chi connectivity index (χ4n) is 2.25. The first kappa shape index (κ1) is 16.1. The van der Waals surface area contributed by atoms with Gasteiger partial charge in [0.2, 0.25) is 0 Å². The monoisotopic (exact) mass is 267 g/mol. The maximum Gasteiger partial charge on any atom is 0.165 e. The molecule has 19 heavy (non-hydrogen) atoms. The van der Waals surface area contributed by atoms with Crippen LogP contribution in [0, 0.1) is 5.92 Å². The Kier molecular flexibility index (Phi) is 7.63. The van der Waals surface area contributed by atoms with E-state index < -0.39 is 0 Å². The molecular weight excluding hydrogens is 238 g/mol. The zero-order valence-corrected chi connectivity index (χ0v) is 12.9. The highest BCUT2D eigenvalue weighted by atomic mass is 15.6. The Labute approximate surface area is 117 Å². The van der Waals surface area contributed by atoms with Crippen molar-refractivity contribution in [3.63, 3.8) is 0 Å². The molecule has 0 radical (unpaired) electrons. The first-order valence-electron chi connectivity index (χ1n) is 7.66. The highest BCUT2D eigenvalue weighted by molar-refractivity contribution is 4.84. The minimum Gasteiger partial charge on any atom is -0.310 e. The van der Waals surface area contributed by atoms with Crippen LogP contribution in [0.2, 0.25) is 0 Å². The summed E-state index contributed by atoms with van der Waals surface area (Å²) in [6, 6.07) is 0.454. The van der Waals surface area contributed by atoms with Crippen LogP contribution in [0.15, 0.2) is 0 Å². The molecule has 110 valence electrons. The topological polar surface area (TPSA) is 55.6 Å². The van der Waals surface area contributed by atoms with E-state index in [-0.39, 0.29) is 0 Å². The van der Waals surface area contributed by atoms with Crippen LogP contribution in [0.5, 0.6) is 0 Å². The molecule has 0 aliphatic carbocycles. The number of hydrogen-bond donors (Lipinski definition) is 1. The molecule has 1 aromatic heterocycles. The number of hydrogen-bond acceptors (Lipinski definition) is 4. The highest BCUT2D eigenvalue weighted by Gasteiger charge is 2.15. The molecule has 5 heteroatoms. The van der Waals surface area contributed by atoms with E-state index in [2.05, 4.69) is 48.5 Å². The van der Waals surface area contributed by atoms with Crippen molar-refractivity contribution in [1.82, 2.24) is 25.5 Å². The summed E-state index contributed by atoms with van der Waals surface area (Å²) in [5.41, 5.74) is 0. The molecule has 0 aliphatic rings. The Hall–Kier alpha value is -0.970. The Morgan fingerprint density at radius 3 is 2.58 bits per heavy atom. The maximum absolute atomic E-state index is 4.20. The molecule has 5 nitrogen and oxygen atoms in total. The van der Waals surface area contributed by atoms with Gasteiger partial charge in [0, 0.05) is 0 Å². The molecular formula is C14H29N5. The Morgan fingerprint density at radius 2 is 1.95 bits per heavy atom. The standard InChI is InChI=1S/C14H29N5/c1-5-7-9-13(8-6-2)19-14(16-17-18-19)11-15-10-12(3)4/h12-13,15H,5-11H2,1-4H3. The average molecular weight is 267 g/mol. The zero-order valence-electron chi connectivity index (χ0n) is 12.9. The quantitative estimate of drug-likeness (QED) is 0.708. The predicted molar refractivity (Wildman–Crippen MR) is 77.8 cm³/mol. The normalized spacial score (nSPS) is 13.1. The molecule has 1 aromatic rings. The van der Waals surface area contributed by atoms with Gasteiger partial charge in [-0.2, -0.15) is 0 Å². The summed E-state index contributed by atoms with van der Waals surface area (Å²) in [4.78, 5) is 0. The zero-order chi connectivity index (χ0) is 14.1. The van der Waals surface area contributed by atoms with E-state index in [1.54, 1.807) is 0 Å². The Balaban J connectivity index is 2.60. The lowest BCUT2D eigenvalue weighted by molar-refractivity contribution is 0.361. The number of nitrogens with zero attached hydrogens (tertiary/aromatic N) is 4. The van der Waals surface area contributed by atoms with Crippen LogP contribution < -0.4 is 5.32 Å². The summed E-state index contributed by atoms with van der Waals surface area (Å²) >= 11 is 0. The third kappa shape index (κ3) is 5.68. The second-order valence-electron chi connectivity index (χ2n) is 5.65. The minimum atomic E-state index is 0.454. The lowest BCUT2D eigenvalue weighted by atomic mass is 10.1. The molecule has 1 atom stereocenters. The van der Waals surface area contributed by atoms with E-state index in [0.29, 0.717) is 12.0 Å². The summed E-state index contributed by atoms with van der Waals surface area (Å²) in [5, 5.41) is 15.6. The molecule has 0 aliphatic heterocycles. The van der Waals surface area contributed by atoms with Crippen LogP contribution in [0.3, 0.4) is 0 Å². The predicted octanol–water partition coefficient (Wildman–Crippen LogP) is 2.95. The molecule has 0 aromatic carbocycles. The van der Waals surface area contributed by atoms with Gasteiger partial charge in [-0.05, 0) is 35.7 Å². The van der Waals surface area contributed by atoms with Crippen molar-refractivity contribution in [3.05, 3.63) is 5.82 Å². The van der Waals surface area contributed by atoms with Crippen molar-refractivity contribution >= 4 is 0 Å². The highest BCUT2D eigenvalue weighted by Crippen LogP contribution is 2.20. The van der Waals surface area contributed by atoms with E-state index in [1.807, 2.05) is 4.68 Å². The third-order valence-electron chi connectivity index (χ3n) is 3.26. The average Bonchev–Trinajstić information content (AvgIpc) is 2.82. The number of rotatable bonds is 10. The minimum absolute atomic E-state index is 0.454. The number of unbranched alkanes of at least 4 members (excludes halogenated alkanes) is 1. The van der Waals surface area contributed by atoms with Crippen LogP contribution in [-0.2, 0) is 6.54 Å². The first-order chi connectivity index (χ1) is 9.19. The second kappa shape index (κ2) is 9.02. The molecule has 0 fully saturated rings. The van der Waals surface area contributed by atoms with Gasteiger partial charge in [-0.15, -0.1) is 5.10 Å². The van der Waals surface area contributed by atoms with Gasteiger partial charge in [-0.1, -0.05) is 47.0 Å². The van der Waals surface area contributed by atoms with Gasteiger partial charge in [0.05, 0.1) is 12.6 Å². The van der Waals surface area contributed by atoms with Crippen molar-refractivity contribution in [2.45, 2.75) is 72.4 Å². The van der Waals surface area contributed by atoms with Gasteiger partial charge in [0.1, 0.15) is 0 Å². The molecule has 0 saturated heterocycles. The fourth-order valence-corrected chi connectivity index (χ4v) is 2.25. The maximum atomic E-state index is 4.20. The van der Waals surface area contributed by atoms with Crippen molar-refractivity contribution in [1.29, 1.82) is 0 Å². The first-order valence-corrected chi connectivity index (χ1v) is 7.66. The Bertz CT molecular complexity index is 334. The van der Waals surface area contributed by atoms with Crippen LogP contribution in [0.4, 0.5) is 0 Å². The van der Waals surface area contributed by atoms with E-state index >= 15 is 0 Å². The molecule has 1 unspecified atom stereocenters. The smallest absolute Gasteiger partial charge is 0.165 e. The number of nitrogens with one attached hydrogen (secondary N) is 1. The summed E-state index contributed by atoms with van der Waals surface area (Å²) < 4.78 is 2.03. The van der Waals surface area contributed by atoms with Crippen molar-refractivity contribution in [2.75, 3.05) is 6.54 Å². The van der Waals surface area contributed by atoms with E-state index in [0.717, 1.165) is 25.3 Å². The lowest BCUT2D eigenvalue weighted by Gasteiger charge is -2.17. The van der Waals surface area contributed by atoms with Crippen molar-refractivity contribution in [2.24, 2.45) is 5.92 Å². The molecule has 1 heterocycles. The SMILES string of the molecule is CCCCC(CCC)n1nnnc1CNCC(C)C. The molecule has 0 spiro atoms. The largest absolute Gasteiger partial charge is 0.310 e. The molecule has 0 amide bonds. The third-order valence-corrected chi connectivity index (χ3v) is 3.26. The van der Waals surface area contributed by atoms with Crippen LogP contribution >= 0.6 is 0 Å². The van der Waals surface area contributed by atoms with Gasteiger partial charge in [-0.25, -0.2) is 4.68 Å². The van der Waals surface area contributed by atoms with E-state index in [4.69, 9.17) is 0 Å². The molecule has 1 N–H and O–H groups in total.